The highest BCUT2D eigenvalue weighted by molar-refractivity contribution is 6.18. The predicted octanol–water partition coefficient (Wildman–Crippen LogP) is 1.44. The van der Waals surface area contributed by atoms with Crippen molar-refractivity contribution in [1.29, 1.82) is 0 Å². The Morgan fingerprint density at radius 1 is 1.28 bits per heavy atom. The number of morpholine rings is 1. The summed E-state index contributed by atoms with van der Waals surface area (Å²) in [6, 6.07) is 0.138. The molecule has 0 aliphatic carbocycles. The summed E-state index contributed by atoms with van der Waals surface area (Å²) in [6.45, 7) is 6.25. The second-order valence-corrected chi connectivity index (χ2v) is 4.60. The highest BCUT2D eigenvalue weighted by Gasteiger charge is 2.25. The maximum Gasteiger partial charge on any atom is 0.246 e. The number of alkyl halides is 1. The fourth-order valence-corrected chi connectivity index (χ4v) is 2.35. The van der Waals surface area contributed by atoms with Gasteiger partial charge in [0.05, 0.1) is 30.6 Å². The molecule has 0 aromatic carbocycles. The average molecular weight is 271 g/mol. The predicted molar refractivity (Wildman–Crippen MR) is 71.3 cm³/mol. The van der Waals surface area contributed by atoms with Crippen LogP contribution in [0.1, 0.15) is 25.2 Å². The molecule has 1 fully saturated rings. The highest BCUT2D eigenvalue weighted by atomic mass is 35.5. The largest absolute Gasteiger partial charge is 0.377 e. The molecule has 5 nitrogen and oxygen atoms in total. The van der Waals surface area contributed by atoms with Crippen LogP contribution in [0.25, 0.3) is 0 Å². The quantitative estimate of drug-likeness (QED) is 0.775. The zero-order valence-corrected chi connectivity index (χ0v) is 11.7. The summed E-state index contributed by atoms with van der Waals surface area (Å²) < 4.78 is 5.42. The number of aryl methyl sites for hydroxylation is 2. The Balaban J connectivity index is 2.26. The lowest BCUT2D eigenvalue weighted by atomic mass is 10.2. The number of hydrogen-bond acceptors (Lipinski definition) is 5. The lowest BCUT2D eigenvalue weighted by Gasteiger charge is -2.34. The van der Waals surface area contributed by atoms with Crippen molar-refractivity contribution in [2.75, 3.05) is 30.5 Å². The van der Waals surface area contributed by atoms with Crippen LogP contribution in [0.15, 0.2) is 0 Å². The molecule has 1 saturated heterocycles. The van der Waals surface area contributed by atoms with E-state index < -0.39 is 0 Å². The van der Waals surface area contributed by atoms with Crippen molar-refractivity contribution in [3.63, 3.8) is 0 Å². The van der Waals surface area contributed by atoms with Gasteiger partial charge >= 0.3 is 0 Å². The summed E-state index contributed by atoms with van der Waals surface area (Å²) in [5, 5.41) is 8.50. The molecule has 0 amide bonds. The van der Waals surface area contributed by atoms with E-state index in [4.69, 9.17) is 16.3 Å². The summed E-state index contributed by atoms with van der Waals surface area (Å²) in [7, 11) is 0. The fraction of sp³-hybridized carbons (Fsp3) is 0.750. The zero-order chi connectivity index (χ0) is 13.0. The van der Waals surface area contributed by atoms with Gasteiger partial charge in [-0.15, -0.1) is 16.7 Å². The maximum atomic E-state index is 5.96. The Morgan fingerprint density at radius 2 is 2.06 bits per heavy atom. The lowest BCUT2D eigenvalue weighted by molar-refractivity contribution is 0.0988. The minimum atomic E-state index is 0.138. The molecule has 0 saturated carbocycles. The molecule has 0 N–H and O–H groups in total. The Labute approximate surface area is 113 Å². The van der Waals surface area contributed by atoms with E-state index >= 15 is 0 Å². The molecule has 1 aliphatic rings. The normalized spacial score (nSPS) is 20.2. The molecule has 0 bridgehead atoms. The third-order valence-electron chi connectivity index (χ3n) is 3.16. The van der Waals surface area contributed by atoms with Crippen LogP contribution in [0, 0.1) is 0 Å². The summed E-state index contributed by atoms with van der Waals surface area (Å²) in [4.78, 5) is 6.72. The number of hydrogen-bond donors (Lipinski definition) is 0. The first-order valence-electron chi connectivity index (χ1n) is 6.42. The summed E-state index contributed by atoms with van der Waals surface area (Å²) in [6.07, 6.45) is 1.74. The molecule has 1 atom stereocenters. The summed E-state index contributed by atoms with van der Waals surface area (Å²) >= 11 is 5.96. The average Bonchev–Trinajstić information content (AvgIpc) is 2.46. The minimum Gasteiger partial charge on any atom is -0.377 e. The maximum absolute atomic E-state index is 5.96. The monoisotopic (exact) mass is 270 g/mol. The number of halogens is 1. The lowest BCUT2D eigenvalue weighted by Crippen LogP contribution is -2.47. The van der Waals surface area contributed by atoms with E-state index in [0.717, 1.165) is 30.8 Å². The molecule has 0 radical (unpaired) electrons. The minimum absolute atomic E-state index is 0.138. The molecule has 100 valence electrons. The van der Waals surface area contributed by atoms with Crippen molar-refractivity contribution in [3.8, 4) is 0 Å². The van der Waals surface area contributed by atoms with Gasteiger partial charge in [-0.25, -0.2) is 4.98 Å². The SMILES string of the molecule is CCc1nnc(N2CCOCC2CCl)nc1CC. The summed E-state index contributed by atoms with van der Waals surface area (Å²) in [5.41, 5.74) is 2.01. The van der Waals surface area contributed by atoms with Gasteiger partial charge in [-0.3, -0.25) is 0 Å². The van der Waals surface area contributed by atoms with E-state index in [1.165, 1.54) is 0 Å². The Hall–Kier alpha value is -0.940. The van der Waals surface area contributed by atoms with Crippen molar-refractivity contribution in [1.82, 2.24) is 15.2 Å². The molecular weight excluding hydrogens is 252 g/mol. The molecule has 1 aliphatic heterocycles. The molecule has 6 heteroatoms. The number of nitrogens with zero attached hydrogens (tertiary/aromatic N) is 4. The van der Waals surface area contributed by atoms with Crippen molar-refractivity contribution in [2.45, 2.75) is 32.7 Å². The standard InChI is InChI=1S/C12H19ClN4O/c1-3-10-11(4-2)15-16-12(14-10)17-5-6-18-8-9(17)7-13/h9H,3-8H2,1-2H3. The number of aromatic nitrogens is 3. The van der Waals surface area contributed by atoms with Crippen LogP contribution in [-0.4, -0.2) is 46.9 Å². The van der Waals surface area contributed by atoms with Gasteiger partial charge < -0.3 is 9.64 Å². The highest BCUT2D eigenvalue weighted by Crippen LogP contribution is 2.17. The second-order valence-electron chi connectivity index (χ2n) is 4.29. The fourth-order valence-electron chi connectivity index (χ4n) is 2.10. The first-order chi connectivity index (χ1) is 8.80. The van der Waals surface area contributed by atoms with Crippen molar-refractivity contribution >= 4 is 17.5 Å². The van der Waals surface area contributed by atoms with Gasteiger partial charge in [0.2, 0.25) is 5.95 Å². The smallest absolute Gasteiger partial charge is 0.246 e. The molecule has 1 aromatic heterocycles. The van der Waals surface area contributed by atoms with Crippen LogP contribution in [-0.2, 0) is 17.6 Å². The number of ether oxygens (including phenoxy) is 1. The molecular formula is C12H19ClN4O. The van der Waals surface area contributed by atoms with Crippen molar-refractivity contribution in [2.24, 2.45) is 0 Å². The van der Waals surface area contributed by atoms with Crippen LogP contribution in [0.3, 0.4) is 0 Å². The van der Waals surface area contributed by atoms with Gasteiger partial charge in [0.25, 0.3) is 0 Å². The van der Waals surface area contributed by atoms with Crippen LogP contribution in [0.4, 0.5) is 5.95 Å². The Bertz CT molecular complexity index is 402. The van der Waals surface area contributed by atoms with Crippen LogP contribution in [0.5, 0.6) is 0 Å². The first-order valence-corrected chi connectivity index (χ1v) is 6.96. The van der Waals surface area contributed by atoms with Crippen LogP contribution >= 0.6 is 11.6 Å². The number of anilines is 1. The Morgan fingerprint density at radius 3 is 2.72 bits per heavy atom. The van der Waals surface area contributed by atoms with Gasteiger partial charge in [0.15, 0.2) is 0 Å². The van der Waals surface area contributed by atoms with Gasteiger partial charge in [-0.2, -0.15) is 5.10 Å². The second kappa shape index (κ2) is 6.29. The molecule has 18 heavy (non-hydrogen) atoms. The van der Waals surface area contributed by atoms with E-state index in [9.17, 15) is 0 Å². The van der Waals surface area contributed by atoms with E-state index in [1.807, 2.05) is 0 Å². The van der Waals surface area contributed by atoms with Crippen LogP contribution < -0.4 is 4.90 Å². The van der Waals surface area contributed by atoms with E-state index in [-0.39, 0.29) is 6.04 Å². The Kier molecular flexibility index (Phi) is 4.72. The van der Waals surface area contributed by atoms with Crippen molar-refractivity contribution < 1.29 is 4.74 Å². The van der Waals surface area contributed by atoms with E-state index in [1.54, 1.807) is 0 Å². The summed E-state index contributed by atoms with van der Waals surface area (Å²) in [5.74, 6) is 1.19. The van der Waals surface area contributed by atoms with Gasteiger partial charge in [0.1, 0.15) is 0 Å². The van der Waals surface area contributed by atoms with E-state index in [2.05, 4.69) is 33.9 Å². The third kappa shape index (κ3) is 2.72. The third-order valence-corrected chi connectivity index (χ3v) is 3.52. The van der Waals surface area contributed by atoms with Gasteiger partial charge in [-0.1, -0.05) is 13.8 Å². The molecule has 2 heterocycles. The molecule has 2 rings (SSSR count). The number of rotatable bonds is 4. The van der Waals surface area contributed by atoms with Gasteiger partial charge in [-0.05, 0) is 12.8 Å². The zero-order valence-electron chi connectivity index (χ0n) is 10.9. The van der Waals surface area contributed by atoms with E-state index in [0.29, 0.717) is 25.0 Å². The van der Waals surface area contributed by atoms with Crippen LogP contribution in [0.2, 0.25) is 0 Å². The van der Waals surface area contributed by atoms with Crippen molar-refractivity contribution in [3.05, 3.63) is 11.4 Å². The molecule has 1 aromatic rings. The van der Waals surface area contributed by atoms with Gasteiger partial charge in [0, 0.05) is 12.4 Å². The topological polar surface area (TPSA) is 51.1 Å². The molecule has 1 unspecified atom stereocenters. The molecule has 0 spiro atoms. The first kappa shape index (κ1) is 13.5.